The second kappa shape index (κ2) is 6.94. The zero-order valence-corrected chi connectivity index (χ0v) is 18.1. The first-order valence-electron chi connectivity index (χ1n) is 10.3. The Morgan fingerprint density at radius 3 is 2.52 bits per heavy atom. The summed E-state index contributed by atoms with van der Waals surface area (Å²) >= 11 is 0. The molecule has 31 heavy (non-hydrogen) atoms. The lowest BCUT2D eigenvalue weighted by Gasteiger charge is -2.30. The van der Waals surface area contributed by atoms with Gasteiger partial charge in [-0.15, -0.1) is 0 Å². The SMILES string of the molecule is Cc1ccc(Nc2c3c(nn2Cc2ccncc2)N2CC(C)(C)N=C2N(C)C3=O)cc1. The summed E-state index contributed by atoms with van der Waals surface area (Å²) in [6.07, 6.45) is 3.52. The summed E-state index contributed by atoms with van der Waals surface area (Å²) in [6.45, 7) is 7.37. The zero-order chi connectivity index (χ0) is 21.8. The van der Waals surface area contributed by atoms with Crippen LogP contribution >= 0.6 is 0 Å². The number of aliphatic imine (C=N–C) groups is 1. The van der Waals surface area contributed by atoms with Gasteiger partial charge in [-0.05, 0) is 50.6 Å². The van der Waals surface area contributed by atoms with E-state index >= 15 is 0 Å². The Labute approximate surface area is 181 Å². The van der Waals surface area contributed by atoms with E-state index in [4.69, 9.17) is 10.1 Å². The first kappa shape index (κ1) is 19.3. The fourth-order valence-electron chi connectivity index (χ4n) is 4.02. The molecule has 8 nitrogen and oxygen atoms in total. The Kier molecular flexibility index (Phi) is 4.32. The van der Waals surface area contributed by atoms with Gasteiger partial charge in [0.05, 0.1) is 18.6 Å². The van der Waals surface area contributed by atoms with Crippen molar-refractivity contribution in [3.63, 3.8) is 0 Å². The van der Waals surface area contributed by atoms with E-state index in [9.17, 15) is 4.79 Å². The predicted octanol–water partition coefficient (Wildman–Crippen LogP) is 3.42. The largest absolute Gasteiger partial charge is 0.340 e. The van der Waals surface area contributed by atoms with Crippen molar-refractivity contribution in [1.82, 2.24) is 19.7 Å². The van der Waals surface area contributed by atoms with Gasteiger partial charge in [0.1, 0.15) is 11.4 Å². The van der Waals surface area contributed by atoms with E-state index in [0.29, 0.717) is 36.2 Å². The number of nitrogens with one attached hydrogen (secondary N) is 1. The highest BCUT2D eigenvalue weighted by Gasteiger charge is 2.45. The van der Waals surface area contributed by atoms with Gasteiger partial charge in [-0.1, -0.05) is 17.7 Å². The van der Waals surface area contributed by atoms with Crippen LogP contribution in [0.5, 0.6) is 0 Å². The molecule has 0 atom stereocenters. The van der Waals surface area contributed by atoms with Crippen LogP contribution in [0.25, 0.3) is 0 Å². The monoisotopic (exact) mass is 415 g/mol. The van der Waals surface area contributed by atoms with Gasteiger partial charge in [0.2, 0.25) is 5.96 Å². The Morgan fingerprint density at radius 1 is 1.10 bits per heavy atom. The number of aryl methyl sites for hydroxylation is 1. The number of carbonyl (C=O) groups excluding carboxylic acids is 1. The number of nitrogens with zero attached hydrogens (tertiary/aromatic N) is 6. The number of hydrogen-bond donors (Lipinski definition) is 1. The molecule has 0 aliphatic carbocycles. The summed E-state index contributed by atoms with van der Waals surface area (Å²) in [5, 5.41) is 8.33. The Balaban J connectivity index is 1.64. The number of rotatable bonds is 4. The van der Waals surface area contributed by atoms with Gasteiger partial charge in [0, 0.05) is 25.1 Å². The van der Waals surface area contributed by atoms with Crippen molar-refractivity contribution in [3.05, 3.63) is 65.5 Å². The molecule has 0 saturated carbocycles. The first-order valence-corrected chi connectivity index (χ1v) is 10.3. The molecule has 4 heterocycles. The van der Waals surface area contributed by atoms with Gasteiger partial charge in [0.25, 0.3) is 5.91 Å². The van der Waals surface area contributed by atoms with Crippen molar-refractivity contribution in [3.8, 4) is 0 Å². The lowest BCUT2D eigenvalue weighted by atomic mass is 10.1. The molecular weight excluding hydrogens is 390 g/mol. The van der Waals surface area contributed by atoms with Crippen LogP contribution in [0, 0.1) is 6.92 Å². The molecule has 1 aromatic carbocycles. The third-order valence-corrected chi connectivity index (χ3v) is 5.59. The molecule has 0 radical (unpaired) electrons. The highest BCUT2D eigenvalue weighted by atomic mass is 16.2. The number of carbonyl (C=O) groups is 1. The molecule has 2 aliphatic rings. The zero-order valence-electron chi connectivity index (χ0n) is 18.1. The molecule has 3 aromatic rings. The molecule has 2 aromatic heterocycles. The lowest BCUT2D eigenvalue weighted by Crippen LogP contribution is -2.48. The molecule has 8 heteroatoms. The van der Waals surface area contributed by atoms with Crippen molar-refractivity contribution in [2.45, 2.75) is 32.9 Å². The van der Waals surface area contributed by atoms with E-state index < -0.39 is 0 Å². The molecular formula is C23H25N7O. The smallest absolute Gasteiger partial charge is 0.267 e. The summed E-state index contributed by atoms with van der Waals surface area (Å²) in [4.78, 5) is 25.9. The summed E-state index contributed by atoms with van der Waals surface area (Å²) in [5.74, 6) is 1.86. The van der Waals surface area contributed by atoms with Gasteiger partial charge in [0.15, 0.2) is 5.82 Å². The molecule has 0 unspecified atom stereocenters. The fourth-order valence-corrected chi connectivity index (χ4v) is 4.02. The molecule has 1 amide bonds. The minimum absolute atomic E-state index is 0.113. The fraction of sp³-hybridized carbons (Fsp3) is 0.304. The van der Waals surface area contributed by atoms with Crippen LogP contribution in [0.3, 0.4) is 0 Å². The van der Waals surface area contributed by atoms with Crippen molar-refractivity contribution >= 4 is 29.2 Å². The molecule has 0 saturated heterocycles. The summed E-state index contributed by atoms with van der Waals surface area (Å²) < 4.78 is 1.86. The molecule has 2 aliphatic heterocycles. The first-order chi connectivity index (χ1) is 14.8. The summed E-state index contributed by atoms with van der Waals surface area (Å²) in [5.41, 5.74) is 3.41. The maximum Gasteiger partial charge on any atom is 0.267 e. The van der Waals surface area contributed by atoms with Crippen LogP contribution in [0.15, 0.2) is 53.8 Å². The topological polar surface area (TPSA) is 78.7 Å². The maximum atomic E-state index is 13.4. The number of anilines is 3. The Bertz CT molecular complexity index is 1180. The second-order valence-corrected chi connectivity index (χ2v) is 8.73. The van der Waals surface area contributed by atoms with E-state index in [2.05, 4.69) is 24.1 Å². The number of guanidine groups is 1. The molecule has 0 bridgehead atoms. The lowest BCUT2D eigenvalue weighted by molar-refractivity contribution is 0.0866. The van der Waals surface area contributed by atoms with Crippen LogP contribution in [-0.4, -0.2) is 50.7 Å². The number of aromatic nitrogens is 3. The van der Waals surface area contributed by atoms with E-state index in [1.807, 2.05) is 52.9 Å². The van der Waals surface area contributed by atoms with Gasteiger partial charge >= 0.3 is 0 Å². The third-order valence-electron chi connectivity index (χ3n) is 5.59. The van der Waals surface area contributed by atoms with Crippen molar-refractivity contribution in [2.75, 3.05) is 23.8 Å². The van der Waals surface area contributed by atoms with Gasteiger partial charge in [-0.3, -0.25) is 19.6 Å². The van der Waals surface area contributed by atoms with Gasteiger partial charge in [-0.25, -0.2) is 9.67 Å². The van der Waals surface area contributed by atoms with Crippen LogP contribution in [0.2, 0.25) is 0 Å². The average Bonchev–Trinajstić information content (AvgIpc) is 3.26. The van der Waals surface area contributed by atoms with Crippen LogP contribution in [0.4, 0.5) is 17.3 Å². The Hall–Kier alpha value is -3.68. The van der Waals surface area contributed by atoms with Crippen LogP contribution in [-0.2, 0) is 6.54 Å². The Morgan fingerprint density at radius 2 is 1.81 bits per heavy atom. The van der Waals surface area contributed by atoms with Crippen molar-refractivity contribution in [2.24, 2.45) is 4.99 Å². The van der Waals surface area contributed by atoms with E-state index in [0.717, 1.165) is 11.3 Å². The number of fused-ring (bicyclic) bond motifs is 3. The van der Waals surface area contributed by atoms with E-state index in [1.165, 1.54) is 5.56 Å². The predicted molar refractivity (Wildman–Crippen MR) is 121 cm³/mol. The number of amides is 1. The van der Waals surface area contributed by atoms with Crippen molar-refractivity contribution < 1.29 is 4.79 Å². The molecule has 5 rings (SSSR count). The molecule has 158 valence electrons. The number of hydrogen-bond acceptors (Lipinski definition) is 6. The maximum absolute atomic E-state index is 13.4. The van der Waals surface area contributed by atoms with E-state index in [1.54, 1.807) is 24.3 Å². The van der Waals surface area contributed by atoms with Crippen LogP contribution in [0.1, 0.15) is 35.3 Å². The summed E-state index contributed by atoms with van der Waals surface area (Å²) in [7, 11) is 1.77. The standard InChI is InChI=1S/C23H25N7O/c1-15-5-7-17(8-6-15)25-19-18-20(27-30(19)13-16-9-11-24-12-10-16)29-14-23(2,3)26-22(29)28(4)21(18)31/h5-12,25H,13-14H2,1-4H3. The minimum atomic E-state index is -0.287. The molecule has 1 N–H and O–H groups in total. The molecule has 0 fully saturated rings. The quantitative estimate of drug-likeness (QED) is 0.706. The minimum Gasteiger partial charge on any atom is -0.340 e. The molecule has 0 spiro atoms. The highest BCUT2D eigenvalue weighted by Crippen LogP contribution is 2.38. The normalized spacial score (nSPS) is 16.8. The third kappa shape index (κ3) is 3.34. The van der Waals surface area contributed by atoms with Gasteiger partial charge < -0.3 is 5.32 Å². The van der Waals surface area contributed by atoms with E-state index in [-0.39, 0.29) is 11.4 Å². The average molecular weight is 416 g/mol. The highest BCUT2D eigenvalue weighted by molar-refractivity contribution is 6.20. The van der Waals surface area contributed by atoms with Crippen LogP contribution < -0.4 is 10.2 Å². The number of pyridine rings is 1. The van der Waals surface area contributed by atoms with Gasteiger partial charge in [-0.2, -0.15) is 5.10 Å². The number of benzene rings is 1. The summed E-state index contributed by atoms with van der Waals surface area (Å²) in [6, 6.07) is 12.0. The van der Waals surface area contributed by atoms with Crippen molar-refractivity contribution in [1.29, 1.82) is 0 Å². The second-order valence-electron chi connectivity index (χ2n) is 8.73.